The molecular weight excluding hydrogens is 378 g/mol. The Bertz CT molecular complexity index is 1170. The molecule has 0 saturated heterocycles. The molecule has 1 amide bonds. The summed E-state index contributed by atoms with van der Waals surface area (Å²) in [4.78, 5) is 35.3. The van der Waals surface area contributed by atoms with E-state index >= 15 is 0 Å². The third kappa shape index (κ3) is 4.12. The van der Waals surface area contributed by atoms with Crippen LogP contribution in [0, 0.1) is 6.92 Å². The van der Waals surface area contributed by atoms with E-state index in [1.807, 2.05) is 56.4 Å². The van der Waals surface area contributed by atoms with Crippen molar-refractivity contribution in [1.29, 1.82) is 0 Å². The topological polar surface area (TPSA) is 99.7 Å². The molecular formula is C22H23N7O. The molecule has 8 nitrogen and oxygen atoms in total. The van der Waals surface area contributed by atoms with E-state index < -0.39 is 0 Å². The van der Waals surface area contributed by atoms with Crippen LogP contribution in [0.5, 0.6) is 0 Å². The molecule has 4 rings (SSSR count). The van der Waals surface area contributed by atoms with Crippen LogP contribution in [0.15, 0.2) is 55.1 Å². The van der Waals surface area contributed by atoms with Crippen LogP contribution >= 0.6 is 0 Å². The third-order valence-corrected chi connectivity index (χ3v) is 4.86. The minimum atomic E-state index is -0.362. The van der Waals surface area contributed by atoms with Crippen LogP contribution in [0.3, 0.4) is 0 Å². The van der Waals surface area contributed by atoms with Crippen molar-refractivity contribution in [3.05, 3.63) is 77.9 Å². The monoisotopic (exact) mass is 401 g/mol. The van der Waals surface area contributed by atoms with Crippen LogP contribution in [-0.4, -0.2) is 44.9 Å². The number of hydrogen-bond acceptors (Lipinski definition) is 6. The fourth-order valence-electron chi connectivity index (χ4n) is 3.38. The second-order valence-corrected chi connectivity index (χ2v) is 7.27. The molecule has 8 heteroatoms. The Hall–Kier alpha value is -3.81. The third-order valence-electron chi connectivity index (χ3n) is 4.86. The molecule has 0 aliphatic rings. The Balaban J connectivity index is 1.72. The predicted octanol–water partition coefficient (Wildman–Crippen LogP) is 2.84. The average molecular weight is 401 g/mol. The molecule has 30 heavy (non-hydrogen) atoms. The van der Waals surface area contributed by atoms with Crippen LogP contribution in [0.1, 0.15) is 33.6 Å². The van der Waals surface area contributed by atoms with Gasteiger partial charge in [0, 0.05) is 56.1 Å². The summed E-state index contributed by atoms with van der Waals surface area (Å²) in [6.45, 7) is 1.85. The van der Waals surface area contributed by atoms with Crippen LogP contribution in [-0.2, 0) is 6.42 Å². The maximum absolute atomic E-state index is 12.8. The summed E-state index contributed by atoms with van der Waals surface area (Å²) in [5.41, 5.74) is 3.16. The summed E-state index contributed by atoms with van der Waals surface area (Å²) < 4.78 is 0. The molecule has 3 aromatic heterocycles. The number of anilines is 1. The summed E-state index contributed by atoms with van der Waals surface area (Å²) in [6.07, 6.45) is 7.04. The van der Waals surface area contributed by atoms with Crippen LogP contribution < -0.4 is 10.2 Å². The lowest BCUT2D eigenvalue weighted by Gasteiger charge is -2.20. The van der Waals surface area contributed by atoms with E-state index in [-0.39, 0.29) is 17.6 Å². The zero-order chi connectivity index (χ0) is 21.1. The van der Waals surface area contributed by atoms with Gasteiger partial charge in [0.25, 0.3) is 5.91 Å². The number of carbonyl (C=O) groups excluding carboxylic acids is 1. The molecule has 0 aliphatic carbocycles. The Morgan fingerprint density at radius 3 is 2.80 bits per heavy atom. The number of amides is 1. The normalized spacial score (nSPS) is 12.0. The van der Waals surface area contributed by atoms with E-state index in [1.54, 1.807) is 0 Å². The minimum absolute atomic E-state index is 0.264. The van der Waals surface area contributed by atoms with Crippen molar-refractivity contribution in [3.8, 4) is 0 Å². The lowest BCUT2D eigenvalue weighted by molar-refractivity contribution is 0.0930. The highest BCUT2D eigenvalue weighted by Crippen LogP contribution is 2.25. The zero-order valence-corrected chi connectivity index (χ0v) is 17.1. The van der Waals surface area contributed by atoms with Gasteiger partial charge in [-0.1, -0.05) is 18.2 Å². The maximum Gasteiger partial charge on any atom is 0.272 e. The number of fused-ring (bicyclic) bond motifs is 1. The van der Waals surface area contributed by atoms with Crippen molar-refractivity contribution in [3.63, 3.8) is 0 Å². The Kier molecular flexibility index (Phi) is 5.38. The van der Waals surface area contributed by atoms with Crippen molar-refractivity contribution in [2.45, 2.75) is 19.4 Å². The quantitative estimate of drug-likeness (QED) is 0.515. The van der Waals surface area contributed by atoms with Gasteiger partial charge in [0.1, 0.15) is 17.3 Å². The van der Waals surface area contributed by atoms with Gasteiger partial charge in [0.05, 0.1) is 17.9 Å². The fourth-order valence-corrected chi connectivity index (χ4v) is 3.38. The highest BCUT2D eigenvalue weighted by atomic mass is 16.1. The first-order valence-electron chi connectivity index (χ1n) is 9.66. The number of H-pyrrole nitrogens is 1. The van der Waals surface area contributed by atoms with E-state index in [0.717, 1.165) is 28.0 Å². The first-order valence-corrected chi connectivity index (χ1v) is 9.66. The van der Waals surface area contributed by atoms with Crippen molar-refractivity contribution in [1.82, 2.24) is 30.2 Å². The second-order valence-electron chi connectivity index (χ2n) is 7.27. The van der Waals surface area contributed by atoms with Crippen molar-refractivity contribution < 1.29 is 4.79 Å². The second kappa shape index (κ2) is 8.28. The Morgan fingerprint density at radius 1 is 1.20 bits per heavy atom. The molecule has 2 N–H and O–H groups in total. The number of rotatable bonds is 6. The molecule has 0 radical (unpaired) electrons. The van der Waals surface area contributed by atoms with Crippen LogP contribution in [0.2, 0.25) is 0 Å². The Morgan fingerprint density at radius 2 is 2.03 bits per heavy atom. The van der Waals surface area contributed by atoms with Gasteiger partial charge in [0.2, 0.25) is 0 Å². The molecule has 1 atom stereocenters. The average Bonchev–Trinajstić information content (AvgIpc) is 3.16. The van der Waals surface area contributed by atoms with E-state index in [0.29, 0.717) is 12.2 Å². The fraction of sp³-hybridized carbons (Fsp3) is 0.227. The zero-order valence-electron chi connectivity index (χ0n) is 17.1. The van der Waals surface area contributed by atoms with Gasteiger partial charge in [-0.3, -0.25) is 9.78 Å². The minimum Gasteiger partial charge on any atom is -0.363 e. The summed E-state index contributed by atoms with van der Waals surface area (Å²) in [7, 11) is 3.86. The number of nitrogens with one attached hydrogen (secondary N) is 2. The molecule has 152 valence electrons. The molecule has 1 unspecified atom stereocenters. The standard InChI is InChI=1S/C22H23N7O/c1-14-26-19(11-21(27-14)29(2)3)18(28-22(30)20-13-23-8-9-24-20)10-15-12-25-17-7-5-4-6-16(15)17/h4-9,11-13,18,25H,10H2,1-3H3,(H,28,30). The highest BCUT2D eigenvalue weighted by molar-refractivity contribution is 5.92. The summed E-state index contributed by atoms with van der Waals surface area (Å²) in [5, 5.41) is 4.20. The molecule has 3 heterocycles. The number of aromatic nitrogens is 5. The molecule has 0 bridgehead atoms. The van der Waals surface area contributed by atoms with Gasteiger partial charge in [-0.2, -0.15) is 0 Å². The van der Waals surface area contributed by atoms with Crippen molar-refractivity contribution >= 4 is 22.6 Å². The smallest absolute Gasteiger partial charge is 0.272 e. The number of aromatic amines is 1. The largest absolute Gasteiger partial charge is 0.363 e. The molecule has 0 aliphatic heterocycles. The number of aryl methyl sites for hydroxylation is 1. The molecule has 1 aromatic carbocycles. The van der Waals surface area contributed by atoms with E-state index in [2.05, 4.69) is 36.3 Å². The van der Waals surface area contributed by atoms with Gasteiger partial charge in [-0.15, -0.1) is 0 Å². The molecule has 4 aromatic rings. The predicted molar refractivity (Wildman–Crippen MR) is 115 cm³/mol. The van der Waals surface area contributed by atoms with Crippen LogP contribution in [0.4, 0.5) is 5.82 Å². The molecule has 0 spiro atoms. The molecule has 0 fully saturated rings. The van der Waals surface area contributed by atoms with Gasteiger partial charge < -0.3 is 15.2 Å². The van der Waals surface area contributed by atoms with Gasteiger partial charge >= 0.3 is 0 Å². The van der Waals surface area contributed by atoms with E-state index in [1.165, 1.54) is 18.6 Å². The van der Waals surface area contributed by atoms with Crippen molar-refractivity contribution in [2.24, 2.45) is 0 Å². The number of hydrogen-bond donors (Lipinski definition) is 2. The van der Waals surface area contributed by atoms with E-state index in [9.17, 15) is 4.79 Å². The summed E-state index contributed by atoms with van der Waals surface area (Å²) in [5.74, 6) is 1.14. The number of benzene rings is 1. The van der Waals surface area contributed by atoms with E-state index in [4.69, 9.17) is 0 Å². The molecule has 0 saturated carbocycles. The lowest BCUT2D eigenvalue weighted by Crippen LogP contribution is -2.31. The first kappa shape index (κ1) is 19.5. The lowest BCUT2D eigenvalue weighted by atomic mass is 10.0. The highest BCUT2D eigenvalue weighted by Gasteiger charge is 2.21. The number of nitrogens with zero attached hydrogens (tertiary/aromatic N) is 5. The van der Waals surface area contributed by atoms with Crippen molar-refractivity contribution in [2.75, 3.05) is 19.0 Å². The SMILES string of the molecule is Cc1nc(C(Cc2c[nH]c3ccccc23)NC(=O)c2cnccn2)cc(N(C)C)n1. The first-order chi connectivity index (χ1) is 14.5. The van der Waals surface area contributed by atoms with Crippen LogP contribution in [0.25, 0.3) is 10.9 Å². The number of para-hydroxylation sites is 1. The van der Waals surface area contributed by atoms with Gasteiger partial charge in [0.15, 0.2) is 0 Å². The van der Waals surface area contributed by atoms with Gasteiger partial charge in [-0.05, 0) is 18.6 Å². The summed E-state index contributed by atoms with van der Waals surface area (Å²) in [6, 6.07) is 9.64. The Labute approximate surface area is 174 Å². The summed E-state index contributed by atoms with van der Waals surface area (Å²) >= 11 is 0. The van der Waals surface area contributed by atoms with Gasteiger partial charge in [-0.25, -0.2) is 15.0 Å². The maximum atomic E-state index is 12.8. The number of carbonyl (C=O) groups is 1.